The van der Waals surface area contributed by atoms with Crippen LogP contribution >= 0.6 is 15.9 Å². The molecule has 0 aromatic heterocycles. The van der Waals surface area contributed by atoms with Gasteiger partial charge in [-0.25, -0.2) is 0 Å². The van der Waals surface area contributed by atoms with Gasteiger partial charge in [0.1, 0.15) is 5.75 Å². The van der Waals surface area contributed by atoms with Crippen LogP contribution in [0.2, 0.25) is 0 Å². The SMILES string of the molecule is Cc1ccc(OCC(=O)N(C)Cc2ccccc2)c(Br)c1. The first-order valence-corrected chi connectivity index (χ1v) is 7.52. The van der Waals surface area contributed by atoms with Crippen molar-refractivity contribution >= 4 is 21.8 Å². The predicted octanol–water partition coefficient (Wildman–Crippen LogP) is 3.79. The molecule has 0 aliphatic heterocycles. The lowest BCUT2D eigenvalue weighted by molar-refractivity contribution is -0.132. The molecule has 0 spiro atoms. The largest absolute Gasteiger partial charge is 0.483 e. The topological polar surface area (TPSA) is 29.5 Å². The molecule has 2 aromatic carbocycles. The van der Waals surface area contributed by atoms with Gasteiger partial charge in [0.05, 0.1) is 4.47 Å². The van der Waals surface area contributed by atoms with E-state index in [0.29, 0.717) is 12.3 Å². The Morgan fingerprint density at radius 2 is 1.90 bits per heavy atom. The minimum absolute atomic E-state index is 0.0327. The summed E-state index contributed by atoms with van der Waals surface area (Å²) in [7, 11) is 1.78. The van der Waals surface area contributed by atoms with E-state index in [4.69, 9.17) is 4.74 Å². The number of carbonyl (C=O) groups is 1. The van der Waals surface area contributed by atoms with Crippen molar-refractivity contribution in [3.05, 3.63) is 64.1 Å². The van der Waals surface area contributed by atoms with Gasteiger partial charge in [-0.1, -0.05) is 36.4 Å². The number of rotatable bonds is 5. The van der Waals surface area contributed by atoms with Crippen LogP contribution < -0.4 is 4.74 Å². The molecule has 0 saturated heterocycles. The van der Waals surface area contributed by atoms with Crippen molar-refractivity contribution in [2.75, 3.05) is 13.7 Å². The van der Waals surface area contributed by atoms with E-state index in [1.807, 2.05) is 55.5 Å². The number of ether oxygens (including phenoxy) is 1. The number of likely N-dealkylation sites (N-methyl/N-ethyl adjacent to an activating group) is 1. The molecule has 0 aliphatic rings. The Balaban J connectivity index is 1.89. The zero-order chi connectivity index (χ0) is 15.2. The van der Waals surface area contributed by atoms with Crippen molar-refractivity contribution in [2.45, 2.75) is 13.5 Å². The number of nitrogens with zero attached hydrogens (tertiary/aromatic N) is 1. The number of hydrogen-bond acceptors (Lipinski definition) is 2. The van der Waals surface area contributed by atoms with Crippen LogP contribution in [0.25, 0.3) is 0 Å². The summed E-state index contributed by atoms with van der Waals surface area (Å²) in [6, 6.07) is 15.7. The van der Waals surface area contributed by atoms with Gasteiger partial charge in [0.2, 0.25) is 0 Å². The standard InChI is InChI=1S/C17H18BrNO2/c1-13-8-9-16(15(18)10-13)21-12-17(20)19(2)11-14-6-4-3-5-7-14/h3-10H,11-12H2,1-2H3. The highest BCUT2D eigenvalue weighted by molar-refractivity contribution is 9.10. The molecule has 2 rings (SSSR count). The molecular formula is C17H18BrNO2. The van der Waals surface area contributed by atoms with E-state index in [1.165, 1.54) is 0 Å². The molecule has 1 amide bonds. The summed E-state index contributed by atoms with van der Waals surface area (Å²) in [6.07, 6.45) is 0. The summed E-state index contributed by atoms with van der Waals surface area (Å²) in [6.45, 7) is 2.62. The first kappa shape index (κ1) is 15.6. The third-order valence-electron chi connectivity index (χ3n) is 3.13. The summed E-state index contributed by atoms with van der Waals surface area (Å²) in [5.41, 5.74) is 2.24. The second-order valence-electron chi connectivity index (χ2n) is 4.96. The average molecular weight is 348 g/mol. The van der Waals surface area contributed by atoms with E-state index < -0.39 is 0 Å². The van der Waals surface area contributed by atoms with Gasteiger partial charge in [-0.3, -0.25) is 4.79 Å². The molecular weight excluding hydrogens is 330 g/mol. The smallest absolute Gasteiger partial charge is 0.260 e. The highest BCUT2D eigenvalue weighted by atomic mass is 79.9. The maximum absolute atomic E-state index is 12.1. The summed E-state index contributed by atoms with van der Waals surface area (Å²) in [5, 5.41) is 0. The second-order valence-corrected chi connectivity index (χ2v) is 5.81. The van der Waals surface area contributed by atoms with Crippen LogP contribution in [0.1, 0.15) is 11.1 Å². The van der Waals surface area contributed by atoms with Gasteiger partial charge in [0.15, 0.2) is 6.61 Å². The fourth-order valence-electron chi connectivity index (χ4n) is 1.92. The van der Waals surface area contributed by atoms with Gasteiger partial charge in [-0.15, -0.1) is 0 Å². The first-order chi connectivity index (χ1) is 10.1. The number of hydrogen-bond donors (Lipinski definition) is 0. The van der Waals surface area contributed by atoms with Crippen molar-refractivity contribution in [2.24, 2.45) is 0 Å². The molecule has 0 atom stereocenters. The highest BCUT2D eigenvalue weighted by Gasteiger charge is 2.11. The third kappa shape index (κ3) is 4.60. The van der Waals surface area contributed by atoms with Crippen LogP contribution in [-0.4, -0.2) is 24.5 Å². The summed E-state index contributed by atoms with van der Waals surface area (Å²) in [5.74, 6) is 0.633. The molecule has 0 aliphatic carbocycles. The lowest BCUT2D eigenvalue weighted by Crippen LogP contribution is -2.30. The number of carbonyl (C=O) groups excluding carboxylic acids is 1. The number of halogens is 1. The first-order valence-electron chi connectivity index (χ1n) is 6.73. The van der Waals surface area contributed by atoms with E-state index in [1.54, 1.807) is 11.9 Å². The normalized spacial score (nSPS) is 10.2. The van der Waals surface area contributed by atoms with Gasteiger partial charge >= 0.3 is 0 Å². The zero-order valence-corrected chi connectivity index (χ0v) is 13.8. The maximum Gasteiger partial charge on any atom is 0.260 e. The van der Waals surface area contributed by atoms with E-state index in [9.17, 15) is 4.79 Å². The number of benzene rings is 2. The quantitative estimate of drug-likeness (QED) is 0.823. The molecule has 0 fully saturated rings. The van der Waals surface area contributed by atoms with Crippen molar-refractivity contribution in [3.63, 3.8) is 0 Å². The van der Waals surface area contributed by atoms with E-state index >= 15 is 0 Å². The molecule has 2 aromatic rings. The van der Waals surface area contributed by atoms with Crippen molar-refractivity contribution in [1.29, 1.82) is 0 Å². The monoisotopic (exact) mass is 347 g/mol. The molecule has 3 nitrogen and oxygen atoms in total. The van der Waals surface area contributed by atoms with E-state index in [0.717, 1.165) is 15.6 Å². The Hall–Kier alpha value is -1.81. The van der Waals surface area contributed by atoms with Gasteiger partial charge in [-0.05, 0) is 46.1 Å². The van der Waals surface area contributed by atoms with Crippen molar-refractivity contribution in [1.82, 2.24) is 4.90 Å². The Bertz CT molecular complexity index is 613. The average Bonchev–Trinajstić information content (AvgIpc) is 2.47. The van der Waals surface area contributed by atoms with Crippen LogP contribution in [0.3, 0.4) is 0 Å². The van der Waals surface area contributed by atoms with Gasteiger partial charge in [-0.2, -0.15) is 0 Å². The number of aryl methyl sites for hydroxylation is 1. The Morgan fingerprint density at radius 3 is 2.57 bits per heavy atom. The molecule has 4 heteroatoms. The van der Waals surface area contributed by atoms with Gasteiger partial charge in [0.25, 0.3) is 5.91 Å². The van der Waals surface area contributed by atoms with Crippen LogP contribution in [0.5, 0.6) is 5.75 Å². The summed E-state index contributed by atoms with van der Waals surface area (Å²) >= 11 is 3.44. The van der Waals surface area contributed by atoms with Gasteiger partial charge < -0.3 is 9.64 Å². The van der Waals surface area contributed by atoms with E-state index in [-0.39, 0.29) is 12.5 Å². The third-order valence-corrected chi connectivity index (χ3v) is 3.75. The minimum atomic E-state index is -0.0497. The van der Waals surface area contributed by atoms with Crippen LogP contribution in [0.4, 0.5) is 0 Å². The number of amides is 1. The predicted molar refractivity (Wildman–Crippen MR) is 87.3 cm³/mol. The molecule has 0 heterocycles. The molecule has 0 bridgehead atoms. The molecule has 0 unspecified atom stereocenters. The van der Waals surface area contributed by atoms with Crippen LogP contribution in [-0.2, 0) is 11.3 Å². The Morgan fingerprint density at radius 1 is 1.19 bits per heavy atom. The maximum atomic E-state index is 12.1. The Kier molecular flexibility index (Phi) is 5.39. The lowest BCUT2D eigenvalue weighted by Gasteiger charge is -2.18. The summed E-state index contributed by atoms with van der Waals surface area (Å²) < 4.78 is 6.44. The zero-order valence-electron chi connectivity index (χ0n) is 12.2. The van der Waals surface area contributed by atoms with E-state index in [2.05, 4.69) is 15.9 Å². The molecule has 0 radical (unpaired) electrons. The van der Waals surface area contributed by atoms with Gasteiger partial charge in [0, 0.05) is 13.6 Å². The molecule has 0 N–H and O–H groups in total. The molecule has 21 heavy (non-hydrogen) atoms. The van der Waals surface area contributed by atoms with Crippen LogP contribution in [0, 0.1) is 6.92 Å². The molecule has 110 valence electrons. The van der Waals surface area contributed by atoms with Crippen molar-refractivity contribution < 1.29 is 9.53 Å². The fraction of sp³-hybridized carbons (Fsp3) is 0.235. The fourth-order valence-corrected chi connectivity index (χ4v) is 2.53. The minimum Gasteiger partial charge on any atom is -0.483 e. The van der Waals surface area contributed by atoms with Crippen molar-refractivity contribution in [3.8, 4) is 5.75 Å². The summed E-state index contributed by atoms with van der Waals surface area (Å²) in [4.78, 5) is 13.7. The second kappa shape index (κ2) is 7.27. The lowest BCUT2D eigenvalue weighted by atomic mass is 10.2. The molecule has 0 saturated carbocycles. The highest BCUT2D eigenvalue weighted by Crippen LogP contribution is 2.25. The Labute approximate surface area is 133 Å². The van der Waals surface area contributed by atoms with Crippen LogP contribution in [0.15, 0.2) is 53.0 Å².